The predicted octanol–water partition coefficient (Wildman–Crippen LogP) is 2.02. The number of benzene rings is 1. The highest BCUT2D eigenvalue weighted by molar-refractivity contribution is 6.30. The van der Waals surface area contributed by atoms with Crippen molar-refractivity contribution in [2.75, 3.05) is 26.9 Å². The lowest BCUT2D eigenvalue weighted by Crippen LogP contribution is -2.46. The average molecular weight is 300 g/mol. The van der Waals surface area contributed by atoms with E-state index in [9.17, 15) is 5.11 Å². The number of hydrogen-bond acceptors (Lipinski definition) is 4. The average Bonchev–Trinajstić information content (AvgIpc) is 2.39. The fraction of sp³-hybridized carbons (Fsp3) is 0.600. The molecule has 0 aliphatic carbocycles. The monoisotopic (exact) mass is 299 g/mol. The van der Waals surface area contributed by atoms with Crippen molar-refractivity contribution in [1.82, 2.24) is 5.32 Å². The summed E-state index contributed by atoms with van der Waals surface area (Å²) in [5.74, 6) is 0.752. The second kappa shape index (κ2) is 6.76. The number of rotatable bonds is 5. The van der Waals surface area contributed by atoms with Crippen molar-refractivity contribution >= 4 is 11.6 Å². The van der Waals surface area contributed by atoms with Gasteiger partial charge in [0.2, 0.25) is 0 Å². The Balaban J connectivity index is 2.04. The number of methoxy groups -OCH3 is 1. The summed E-state index contributed by atoms with van der Waals surface area (Å²) < 4.78 is 10.7. The van der Waals surface area contributed by atoms with Gasteiger partial charge in [0.25, 0.3) is 0 Å². The molecule has 20 heavy (non-hydrogen) atoms. The van der Waals surface area contributed by atoms with Crippen LogP contribution < -0.4 is 10.1 Å². The van der Waals surface area contributed by atoms with Crippen LogP contribution in [0.4, 0.5) is 0 Å². The molecule has 1 aromatic carbocycles. The minimum absolute atomic E-state index is 0.184. The fourth-order valence-electron chi connectivity index (χ4n) is 2.65. The van der Waals surface area contributed by atoms with Crippen LogP contribution in [-0.2, 0) is 11.2 Å². The molecule has 1 fully saturated rings. The molecule has 0 bridgehead atoms. The summed E-state index contributed by atoms with van der Waals surface area (Å²) in [6, 6.07) is 5.65. The molecule has 1 saturated heterocycles. The van der Waals surface area contributed by atoms with Crippen molar-refractivity contribution in [3.63, 3.8) is 0 Å². The van der Waals surface area contributed by atoms with E-state index in [0.29, 0.717) is 24.5 Å². The summed E-state index contributed by atoms with van der Waals surface area (Å²) in [7, 11) is 1.62. The van der Waals surface area contributed by atoms with E-state index in [0.717, 1.165) is 24.5 Å². The van der Waals surface area contributed by atoms with Gasteiger partial charge in [0, 0.05) is 24.0 Å². The zero-order chi connectivity index (χ0) is 14.6. The Labute approximate surface area is 125 Å². The van der Waals surface area contributed by atoms with Gasteiger partial charge in [-0.1, -0.05) is 11.6 Å². The van der Waals surface area contributed by atoms with Gasteiger partial charge in [0.15, 0.2) is 0 Å². The Morgan fingerprint density at radius 1 is 1.55 bits per heavy atom. The first-order chi connectivity index (χ1) is 9.50. The van der Waals surface area contributed by atoms with Gasteiger partial charge in [-0.3, -0.25) is 0 Å². The smallest absolute Gasteiger partial charge is 0.122 e. The van der Waals surface area contributed by atoms with Gasteiger partial charge in [-0.15, -0.1) is 0 Å². The van der Waals surface area contributed by atoms with E-state index in [1.807, 2.05) is 19.1 Å². The van der Waals surface area contributed by atoms with Crippen molar-refractivity contribution in [2.24, 2.45) is 0 Å². The van der Waals surface area contributed by atoms with Crippen molar-refractivity contribution in [1.29, 1.82) is 0 Å². The molecular formula is C15H22ClNO3. The molecule has 5 heteroatoms. The van der Waals surface area contributed by atoms with Crippen molar-refractivity contribution < 1.29 is 14.6 Å². The Hall–Kier alpha value is -0.810. The number of hydrogen-bond donors (Lipinski definition) is 2. The van der Waals surface area contributed by atoms with Gasteiger partial charge in [-0.05, 0) is 37.1 Å². The van der Waals surface area contributed by atoms with E-state index >= 15 is 0 Å². The minimum atomic E-state index is -0.837. The molecule has 2 atom stereocenters. The van der Waals surface area contributed by atoms with Gasteiger partial charge < -0.3 is 19.9 Å². The molecule has 1 aromatic rings. The van der Waals surface area contributed by atoms with Gasteiger partial charge in [-0.2, -0.15) is 0 Å². The first-order valence-electron chi connectivity index (χ1n) is 6.86. The third kappa shape index (κ3) is 4.35. The molecule has 0 aromatic heterocycles. The van der Waals surface area contributed by atoms with Crippen LogP contribution in [0.2, 0.25) is 5.02 Å². The summed E-state index contributed by atoms with van der Waals surface area (Å²) in [5.41, 5.74) is 0.0813. The molecule has 2 unspecified atom stereocenters. The normalized spacial score (nSPS) is 22.3. The van der Waals surface area contributed by atoms with Gasteiger partial charge in [-0.25, -0.2) is 0 Å². The summed E-state index contributed by atoms with van der Waals surface area (Å²) in [6.45, 7) is 4.05. The topological polar surface area (TPSA) is 50.7 Å². The first kappa shape index (κ1) is 15.6. The van der Waals surface area contributed by atoms with Crippen molar-refractivity contribution in [3.05, 3.63) is 28.8 Å². The van der Waals surface area contributed by atoms with E-state index in [2.05, 4.69) is 5.32 Å². The zero-order valence-corrected chi connectivity index (χ0v) is 12.7. The lowest BCUT2D eigenvalue weighted by Gasteiger charge is -2.32. The van der Waals surface area contributed by atoms with E-state index in [1.165, 1.54) is 0 Å². The Kier molecular flexibility index (Phi) is 5.27. The van der Waals surface area contributed by atoms with Gasteiger partial charge in [0.05, 0.1) is 25.9 Å². The molecule has 2 rings (SSSR count). The lowest BCUT2D eigenvalue weighted by molar-refractivity contribution is 0.00622. The summed E-state index contributed by atoms with van der Waals surface area (Å²) in [6.07, 6.45) is 1.12. The molecule has 2 N–H and O–H groups in total. The lowest BCUT2D eigenvalue weighted by atomic mass is 9.89. The second-order valence-corrected chi connectivity index (χ2v) is 6.00. The van der Waals surface area contributed by atoms with Gasteiger partial charge >= 0.3 is 0 Å². The molecule has 0 spiro atoms. The highest BCUT2D eigenvalue weighted by Gasteiger charge is 2.28. The van der Waals surface area contributed by atoms with E-state index in [-0.39, 0.29) is 6.04 Å². The third-order valence-corrected chi connectivity index (χ3v) is 3.73. The van der Waals surface area contributed by atoms with Crippen LogP contribution in [0.1, 0.15) is 18.9 Å². The Bertz CT molecular complexity index is 445. The summed E-state index contributed by atoms with van der Waals surface area (Å²) in [4.78, 5) is 0. The van der Waals surface area contributed by atoms with Crippen LogP contribution in [0, 0.1) is 0 Å². The van der Waals surface area contributed by atoms with Gasteiger partial charge in [0.1, 0.15) is 5.75 Å². The number of morpholine rings is 1. The summed E-state index contributed by atoms with van der Waals surface area (Å²) in [5, 5.41) is 14.6. The highest BCUT2D eigenvalue weighted by Crippen LogP contribution is 2.28. The van der Waals surface area contributed by atoms with Crippen molar-refractivity contribution in [2.45, 2.75) is 31.4 Å². The van der Waals surface area contributed by atoms with Crippen LogP contribution in [0.25, 0.3) is 0 Å². The molecular weight excluding hydrogens is 278 g/mol. The van der Waals surface area contributed by atoms with Crippen LogP contribution in [0.15, 0.2) is 18.2 Å². The number of halogens is 1. The number of ether oxygens (including phenoxy) is 2. The van der Waals surface area contributed by atoms with Crippen LogP contribution in [0.5, 0.6) is 5.75 Å². The van der Waals surface area contributed by atoms with Crippen LogP contribution in [0.3, 0.4) is 0 Å². The molecule has 1 aliphatic heterocycles. The molecule has 1 heterocycles. The second-order valence-electron chi connectivity index (χ2n) is 5.56. The summed E-state index contributed by atoms with van der Waals surface area (Å²) >= 11 is 6.02. The zero-order valence-electron chi connectivity index (χ0n) is 12.0. The largest absolute Gasteiger partial charge is 0.496 e. The maximum atomic E-state index is 10.6. The predicted molar refractivity (Wildman–Crippen MR) is 79.6 cm³/mol. The SMILES string of the molecule is COc1ccc(Cl)cc1CC(C)(O)CC1COCCN1. The quantitative estimate of drug-likeness (QED) is 0.873. The molecule has 112 valence electrons. The van der Waals surface area contributed by atoms with Crippen molar-refractivity contribution in [3.8, 4) is 5.75 Å². The maximum Gasteiger partial charge on any atom is 0.122 e. The Morgan fingerprint density at radius 3 is 3.00 bits per heavy atom. The van der Waals surface area contributed by atoms with E-state index < -0.39 is 5.60 Å². The Morgan fingerprint density at radius 2 is 2.35 bits per heavy atom. The standard InChI is InChI=1S/C15H22ClNO3/c1-15(18,9-13-10-20-6-5-17-13)8-11-7-12(16)3-4-14(11)19-2/h3-4,7,13,17-18H,5-6,8-10H2,1-2H3. The molecule has 0 radical (unpaired) electrons. The molecule has 1 aliphatic rings. The van der Waals surface area contributed by atoms with E-state index in [1.54, 1.807) is 13.2 Å². The van der Waals surface area contributed by atoms with E-state index in [4.69, 9.17) is 21.1 Å². The molecule has 0 amide bonds. The molecule has 4 nitrogen and oxygen atoms in total. The van der Waals surface area contributed by atoms with Crippen LogP contribution >= 0.6 is 11.6 Å². The molecule has 0 saturated carbocycles. The third-order valence-electron chi connectivity index (χ3n) is 3.50. The maximum absolute atomic E-state index is 10.6. The fourth-order valence-corrected chi connectivity index (χ4v) is 2.84. The first-order valence-corrected chi connectivity index (χ1v) is 7.24. The van der Waals surface area contributed by atoms with Crippen LogP contribution in [-0.4, -0.2) is 43.6 Å². The number of aliphatic hydroxyl groups is 1. The minimum Gasteiger partial charge on any atom is -0.496 e. The highest BCUT2D eigenvalue weighted by atomic mass is 35.5. The number of nitrogens with one attached hydrogen (secondary N) is 1.